The molecule has 0 bridgehead atoms. The van der Waals surface area contributed by atoms with Crippen molar-refractivity contribution in [2.45, 2.75) is 18.2 Å². The van der Waals surface area contributed by atoms with Gasteiger partial charge in [0.15, 0.2) is 11.5 Å². The lowest BCUT2D eigenvalue weighted by atomic mass is 10.2. The highest BCUT2D eigenvalue weighted by atomic mass is 32.2. The summed E-state index contributed by atoms with van der Waals surface area (Å²) in [6.07, 6.45) is 1.94. The lowest BCUT2D eigenvalue weighted by Crippen LogP contribution is -2.18. The van der Waals surface area contributed by atoms with Gasteiger partial charge in [-0.05, 0) is 36.2 Å². The molecule has 22 heavy (non-hydrogen) atoms. The van der Waals surface area contributed by atoms with Crippen molar-refractivity contribution in [3.63, 3.8) is 0 Å². The second kappa shape index (κ2) is 6.48. The Morgan fingerprint density at radius 1 is 1.14 bits per heavy atom. The fraction of sp³-hybridized carbons (Fsp3) is 0.133. The van der Waals surface area contributed by atoms with Gasteiger partial charge in [-0.1, -0.05) is 25.1 Å². The lowest BCUT2D eigenvalue weighted by Gasteiger charge is -2.05. The molecule has 0 saturated heterocycles. The quantitative estimate of drug-likeness (QED) is 0.445. The molecule has 0 unspecified atom stereocenters. The van der Waals surface area contributed by atoms with E-state index in [1.54, 1.807) is 12.1 Å². The number of phenols is 2. The van der Waals surface area contributed by atoms with Crippen molar-refractivity contribution in [1.82, 2.24) is 4.83 Å². The van der Waals surface area contributed by atoms with Crippen molar-refractivity contribution in [1.29, 1.82) is 0 Å². The molecule has 6 nitrogen and oxygen atoms in total. The number of hydrazone groups is 1. The van der Waals surface area contributed by atoms with Crippen molar-refractivity contribution in [3.05, 3.63) is 53.6 Å². The van der Waals surface area contributed by atoms with Crippen molar-refractivity contribution in [2.75, 3.05) is 0 Å². The van der Waals surface area contributed by atoms with Crippen LogP contribution in [0.2, 0.25) is 0 Å². The van der Waals surface area contributed by atoms with Crippen LogP contribution in [-0.2, 0) is 16.4 Å². The number of nitrogens with zero attached hydrogens (tertiary/aromatic N) is 1. The van der Waals surface area contributed by atoms with E-state index in [4.69, 9.17) is 0 Å². The van der Waals surface area contributed by atoms with Gasteiger partial charge in [-0.2, -0.15) is 13.5 Å². The van der Waals surface area contributed by atoms with Gasteiger partial charge in [-0.3, -0.25) is 0 Å². The average molecular weight is 320 g/mol. The SMILES string of the molecule is CCc1ccc(S(=O)(=O)N/N=C\c2cccc(O)c2O)cc1. The molecule has 2 aromatic rings. The number of benzene rings is 2. The third-order valence-electron chi connectivity index (χ3n) is 3.06. The number of para-hydroxylation sites is 1. The van der Waals surface area contributed by atoms with Gasteiger partial charge in [0.1, 0.15) is 0 Å². The number of hydrogen-bond donors (Lipinski definition) is 3. The van der Waals surface area contributed by atoms with Crippen molar-refractivity contribution in [3.8, 4) is 11.5 Å². The molecule has 0 spiro atoms. The Morgan fingerprint density at radius 2 is 1.82 bits per heavy atom. The van der Waals surface area contributed by atoms with E-state index in [1.165, 1.54) is 30.3 Å². The molecule has 0 aliphatic carbocycles. The van der Waals surface area contributed by atoms with Crippen LogP contribution in [0.25, 0.3) is 0 Å². The van der Waals surface area contributed by atoms with Crippen LogP contribution in [0, 0.1) is 0 Å². The first-order valence-electron chi connectivity index (χ1n) is 6.59. The fourth-order valence-electron chi connectivity index (χ4n) is 1.78. The van der Waals surface area contributed by atoms with E-state index in [-0.39, 0.29) is 22.0 Å². The summed E-state index contributed by atoms with van der Waals surface area (Å²) in [6, 6.07) is 10.8. The average Bonchev–Trinajstić information content (AvgIpc) is 2.51. The van der Waals surface area contributed by atoms with E-state index < -0.39 is 10.0 Å². The van der Waals surface area contributed by atoms with Gasteiger partial charge < -0.3 is 10.2 Å². The summed E-state index contributed by atoms with van der Waals surface area (Å²) >= 11 is 0. The predicted octanol–water partition coefficient (Wildman–Crippen LogP) is 1.97. The van der Waals surface area contributed by atoms with Crippen LogP contribution >= 0.6 is 0 Å². The zero-order chi connectivity index (χ0) is 16.2. The minimum absolute atomic E-state index is 0.0991. The van der Waals surface area contributed by atoms with E-state index in [9.17, 15) is 18.6 Å². The highest BCUT2D eigenvalue weighted by molar-refractivity contribution is 7.89. The van der Waals surface area contributed by atoms with Crippen LogP contribution in [0.5, 0.6) is 11.5 Å². The van der Waals surface area contributed by atoms with E-state index in [0.29, 0.717) is 0 Å². The Kier molecular flexibility index (Phi) is 4.67. The van der Waals surface area contributed by atoms with E-state index in [0.717, 1.165) is 18.2 Å². The molecule has 2 rings (SSSR count). The molecular weight excluding hydrogens is 304 g/mol. The van der Waals surface area contributed by atoms with Gasteiger partial charge in [0.05, 0.1) is 11.1 Å². The van der Waals surface area contributed by atoms with Crippen LogP contribution < -0.4 is 4.83 Å². The molecule has 0 fully saturated rings. The smallest absolute Gasteiger partial charge is 0.276 e. The van der Waals surface area contributed by atoms with Gasteiger partial charge in [0.25, 0.3) is 10.0 Å². The second-order valence-electron chi connectivity index (χ2n) is 4.57. The summed E-state index contributed by atoms with van der Waals surface area (Å²) in [5.41, 5.74) is 1.23. The van der Waals surface area contributed by atoms with Gasteiger partial charge in [-0.25, -0.2) is 4.83 Å². The number of hydrogen-bond acceptors (Lipinski definition) is 5. The maximum Gasteiger partial charge on any atom is 0.276 e. The number of sulfonamides is 1. The Balaban J connectivity index is 2.15. The Labute approximate surface area is 128 Å². The van der Waals surface area contributed by atoms with Gasteiger partial charge >= 0.3 is 0 Å². The highest BCUT2D eigenvalue weighted by Crippen LogP contribution is 2.26. The summed E-state index contributed by atoms with van der Waals surface area (Å²) in [6.45, 7) is 1.98. The Morgan fingerprint density at radius 3 is 2.45 bits per heavy atom. The minimum Gasteiger partial charge on any atom is -0.504 e. The topological polar surface area (TPSA) is 99.0 Å². The minimum atomic E-state index is -3.77. The zero-order valence-corrected chi connectivity index (χ0v) is 12.7. The summed E-state index contributed by atoms with van der Waals surface area (Å²) in [5, 5.41) is 22.5. The Hall–Kier alpha value is -2.54. The number of phenolic OH excluding ortho intramolecular Hbond substituents is 2. The molecule has 2 aromatic carbocycles. The maximum atomic E-state index is 12.0. The van der Waals surface area contributed by atoms with Crippen LogP contribution in [0.3, 0.4) is 0 Å². The summed E-state index contributed by atoms with van der Waals surface area (Å²) in [5.74, 6) is -0.667. The van der Waals surface area contributed by atoms with E-state index >= 15 is 0 Å². The molecule has 0 heterocycles. The third kappa shape index (κ3) is 3.56. The number of rotatable bonds is 5. The number of nitrogens with one attached hydrogen (secondary N) is 1. The molecule has 0 aliphatic heterocycles. The van der Waals surface area contributed by atoms with Crippen molar-refractivity contribution >= 4 is 16.2 Å². The van der Waals surface area contributed by atoms with Crippen LogP contribution in [0.1, 0.15) is 18.1 Å². The van der Waals surface area contributed by atoms with Crippen LogP contribution in [0.15, 0.2) is 52.5 Å². The van der Waals surface area contributed by atoms with Gasteiger partial charge in [-0.15, -0.1) is 0 Å². The summed E-state index contributed by atoms with van der Waals surface area (Å²) < 4.78 is 24.1. The maximum absolute atomic E-state index is 12.0. The summed E-state index contributed by atoms with van der Waals surface area (Å²) in [7, 11) is -3.77. The molecule has 116 valence electrons. The third-order valence-corrected chi connectivity index (χ3v) is 4.30. The largest absolute Gasteiger partial charge is 0.504 e. The Bertz CT molecular complexity index is 784. The first kappa shape index (κ1) is 15.8. The molecule has 7 heteroatoms. The molecule has 0 atom stereocenters. The lowest BCUT2D eigenvalue weighted by molar-refractivity contribution is 0.403. The zero-order valence-electron chi connectivity index (χ0n) is 11.9. The standard InChI is InChI=1S/C15H16N2O4S/c1-2-11-6-8-13(9-7-11)22(20,21)17-16-10-12-4-3-5-14(18)15(12)19/h3-10,17-19H,2H2,1H3/b16-10-. The predicted molar refractivity (Wildman–Crippen MR) is 83.5 cm³/mol. The second-order valence-corrected chi connectivity index (χ2v) is 6.23. The number of aryl methyl sites for hydroxylation is 1. The molecule has 0 aromatic heterocycles. The van der Waals surface area contributed by atoms with E-state index in [1.807, 2.05) is 6.92 Å². The summed E-state index contributed by atoms with van der Waals surface area (Å²) in [4.78, 5) is 2.16. The number of aromatic hydroxyl groups is 2. The molecule has 0 amide bonds. The molecule has 3 N–H and O–H groups in total. The molecule has 0 saturated carbocycles. The first-order chi connectivity index (χ1) is 10.4. The van der Waals surface area contributed by atoms with Crippen LogP contribution in [-0.4, -0.2) is 24.8 Å². The highest BCUT2D eigenvalue weighted by Gasteiger charge is 2.12. The van der Waals surface area contributed by atoms with Gasteiger partial charge in [0, 0.05) is 5.56 Å². The monoisotopic (exact) mass is 320 g/mol. The van der Waals surface area contributed by atoms with Crippen molar-refractivity contribution in [2.24, 2.45) is 5.10 Å². The first-order valence-corrected chi connectivity index (χ1v) is 8.07. The molecule has 0 aliphatic rings. The van der Waals surface area contributed by atoms with Crippen LogP contribution in [0.4, 0.5) is 0 Å². The van der Waals surface area contributed by atoms with Gasteiger partial charge in [0.2, 0.25) is 0 Å². The normalized spacial score (nSPS) is 11.7. The molecule has 0 radical (unpaired) electrons. The van der Waals surface area contributed by atoms with Crippen molar-refractivity contribution < 1.29 is 18.6 Å². The van der Waals surface area contributed by atoms with E-state index in [2.05, 4.69) is 9.93 Å². The fourth-order valence-corrected chi connectivity index (χ4v) is 2.57. The molecular formula is C15H16N2O4S.